The highest BCUT2D eigenvalue weighted by atomic mass is 16.7. The predicted molar refractivity (Wildman–Crippen MR) is 81.6 cm³/mol. The van der Waals surface area contributed by atoms with Gasteiger partial charge < -0.3 is 14.2 Å². The van der Waals surface area contributed by atoms with E-state index >= 15 is 0 Å². The Morgan fingerprint density at radius 1 is 1.05 bits per heavy atom. The summed E-state index contributed by atoms with van der Waals surface area (Å²) in [6, 6.07) is 10.2. The fourth-order valence-electron chi connectivity index (χ4n) is 2.28. The first-order valence-electron chi connectivity index (χ1n) is 7.74. The largest absolute Gasteiger partial charge is 0.377 e. The van der Waals surface area contributed by atoms with Gasteiger partial charge in [0.2, 0.25) is 0 Å². The van der Waals surface area contributed by atoms with Crippen molar-refractivity contribution in [2.45, 2.75) is 52.4 Å². The summed E-state index contributed by atoms with van der Waals surface area (Å²) >= 11 is 0. The minimum Gasteiger partial charge on any atom is -0.377 e. The zero-order valence-electron chi connectivity index (χ0n) is 13.1. The molecule has 0 radical (unpaired) electrons. The van der Waals surface area contributed by atoms with Crippen LogP contribution in [0.1, 0.15) is 45.6 Å². The highest BCUT2D eigenvalue weighted by Gasteiger charge is 2.34. The number of hydrogen-bond donors (Lipinski definition) is 0. The molecule has 0 unspecified atom stereocenters. The van der Waals surface area contributed by atoms with Crippen LogP contribution in [-0.2, 0) is 20.8 Å². The van der Waals surface area contributed by atoms with Gasteiger partial charge in [-0.15, -0.1) is 0 Å². The summed E-state index contributed by atoms with van der Waals surface area (Å²) in [6.45, 7) is 8.90. The second kappa shape index (κ2) is 9.92. The van der Waals surface area contributed by atoms with Crippen molar-refractivity contribution in [2.75, 3.05) is 19.8 Å². The van der Waals surface area contributed by atoms with Gasteiger partial charge in [0.1, 0.15) is 0 Å². The molecule has 0 N–H and O–H groups in total. The highest BCUT2D eigenvalue weighted by Crippen LogP contribution is 2.28. The van der Waals surface area contributed by atoms with Crippen molar-refractivity contribution in [3.05, 3.63) is 35.9 Å². The van der Waals surface area contributed by atoms with E-state index in [9.17, 15) is 0 Å². The van der Waals surface area contributed by atoms with Gasteiger partial charge in [0.05, 0.1) is 26.4 Å². The molecule has 1 aromatic rings. The average Bonchev–Trinajstić information content (AvgIpc) is 2.96. The van der Waals surface area contributed by atoms with Crippen molar-refractivity contribution >= 4 is 0 Å². The van der Waals surface area contributed by atoms with E-state index in [0.29, 0.717) is 26.4 Å². The molecule has 1 saturated heterocycles. The Balaban J connectivity index is 0.000000956. The maximum absolute atomic E-state index is 5.73. The van der Waals surface area contributed by atoms with Crippen LogP contribution in [0.5, 0.6) is 0 Å². The minimum absolute atomic E-state index is 0.383. The van der Waals surface area contributed by atoms with Crippen LogP contribution in [0.25, 0.3) is 0 Å². The topological polar surface area (TPSA) is 27.7 Å². The maximum Gasteiger partial charge on any atom is 0.170 e. The molecular formula is C17H28O3. The van der Waals surface area contributed by atoms with Gasteiger partial charge in [0.25, 0.3) is 0 Å². The highest BCUT2D eigenvalue weighted by molar-refractivity contribution is 5.13. The Labute approximate surface area is 123 Å². The van der Waals surface area contributed by atoms with Crippen molar-refractivity contribution < 1.29 is 14.2 Å². The molecule has 1 aromatic carbocycles. The van der Waals surface area contributed by atoms with Crippen LogP contribution < -0.4 is 0 Å². The maximum atomic E-state index is 5.73. The summed E-state index contributed by atoms with van der Waals surface area (Å²) in [5, 5.41) is 0. The summed E-state index contributed by atoms with van der Waals surface area (Å²) in [4.78, 5) is 0. The summed E-state index contributed by atoms with van der Waals surface area (Å²) in [7, 11) is 0. The summed E-state index contributed by atoms with van der Waals surface area (Å²) in [6.07, 6.45) is 2.83. The molecule has 0 amide bonds. The molecule has 1 heterocycles. The van der Waals surface area contributed by atoms with Crippen LogP contribution in [0, 0.1) is 0 Å². The van der Waals surface area contributed by atoms with E-state index in [-0.39, 0.29) is 5.79 Å². The molecule has 0 saturated carbocycles. The fraction of sp³-hybridized carbons (Fsp3) is 0.647. The van der Waals surface area contributed by atoms with Crippen molar-refractivity contribution in [1.82, 2.24) is 0 Å². The smallest absolute Gasteiger partial charge is 0.170 e. The number of rotatable bonds is 7. The second-order valence-corrected chi connectivity index (χ2v) is 4.65. The fourth-order valence-corrected chi connectivity index (χ4v) is 2.28. The third kappa shape index (κ3) is 5.61. The lowest BCUT2D eigenvalue weighted by molar-refractivity contribution is -0.175. The molecule has 2 rings (SSSR count). The molecule has 0 atom stereocenters. The standard InChI is InChI=1S/C15H22O3.C2H6/c1-2-8-15(17-11-12-18-15)9-10-16-13-14-6-4-3-5-7-14;1-2/h3-7H,2,8-13H2,1H3;1-2H3. The molecule has 0 aromatic heterocycles. The van der Waals surface area contributed by atoms with Crippen LogP contribution in [0.3, 0.4) is 0 Å². The van der Waals surface area contributed by atoms with Crippen molar-refractivity contribution in [3.8, 4) is 0 Å². The van der Waals surface area contributed by atoms with Gasteiger partial charge in [0.15, 0.2) is 5.79 Å². The first-order chi connectivity index (χ1) is 9.85. The van der Waals surface area contributed by atoms with E-state index in [0.717, 1.165) is 19.3 Å². The van der Waals surface area contributed by atoms with Gasteiger partial charge in [-0.1, -0.05) is 57.5 Å². The average molecular weight is 280 g/mol. The molecule has 3 nitrogen and oxygen atoms in total. The Kier molecular flexibility index (Phi) is 8.51. The normalized spacial score (nSPS) is 16.6. The van der Waals surface area contributed by atoms with Crippen molar-refractivity contribution in [1.29, 1.82) is 0 Å². The molecule has 3 heteroatoms. The molecule has 0 spiro atoms. The van der Waals surface area contributed by atoms with Crippen LogP contribution in [0.15, 0.2) is 30.3 Å². The van der Waals surface area contributed by atoms with Gasteiger partial charge >= 0.3 is 0 Å². The molecule has 1 aliphatic heterocycles. The van der Waals surface area contributed by atoms with Gasteiger partial charge in [-0.2, -0.15) is 0 Å². The first-order valence-corrected chi connectivity index (χ1v) is 7.74. The Morgan fingerprint density at radius 3 is 2.30 bits per heavy atom. The van der Waals surface area contributed by atoms with E-state index in [1.54, 1.807) is 0 Å². The van der Waals surface area contributed by atoms with E-state index < -0.39 is 0 Å². The molecule has 0 bridgehead atoms. The number of ether oxygens (including phenoxy) is 3. The third-order valence-electron chi connectivity index (χ3n) is 3.18. The van der Waals surface area contributed by atoms with E-state index in [1.165, 1.54) is 5.56 Å². The Bertz CT molecular complexity index is 331. The second-order valence-electron chi connectivity index (χ2n) is 4.65. The summed E-state index contributed by atoms with van der Waals surface area (Å²) < 4.78 is 17.2. The zero-order valence-corrected chi connectivity index (χ0v) is 13.1. The van der Waals surface area contributed by atoms with Crippen LogP contribution in [-0.4, -0.2) is 25.6 Å². The molecule has 1 aliphatic rings. The van der Waals surface area contributed by atoms with Gasteiger partial charge in [-0.05, 0) is 5.56 Å². The SMILES string of the molecule is CC.CCCC1(CCOCc2ccccc2)OCCO1. The van der Waals surface area contributed by atoms with Crippen LogP contribution >= 0.6 is 0 Å². The molecular weight excluding hydrogens is 252 g/mol. The van der Waals surface area contributed by atoms with E-state index in [1.807, 2.05) is 32.0 Å². The van der Waals surface area contributed by atoms with Crippen LogP contribution in [0.4, 0.5) is 0 Å². The molecule has 1 fully saturated rings. The van der Waals surface area contributed by atoms with Crippen molar-refractivity contribution in [3.63, 3.8) is 0 Å². The third-order valence-corrected chi connectivity index (χ3v) is 3.18. The number of benzene rings is 1. The monoisotopic (exact) mass is 280 g/mol. The van der Waals surface area contributed by atoms with Gasteiger partial charge in [0, 0.05) is 12.8 Å². The van der Waals surface area contributed by atoms with E-state index in [4.69, 9.17) is 14.2 Å². The summed E-state index contributed by atoms with van der Waals surface area (Å²) in [5.74, 6) is -0.383. The Hall–Kier alpha value is -0.900. The lowest BCUT2D eigenvalue weighted by Crippen LogP contribution is -2.31. The zero-order chi connectivity index (χ0) is 14.7. The van der Waals surface area contributed by atoms with Gasteiger partial charge in [-0.3, -0.25) is 0 Å². The minimum atomic E-state index is -0.383. The quantitative estimate of drug-likeness (QED) is 0.702. The predicted octanol–water partition coefficient (Wildman–Crippen LogP) is 4.16. The first kappa shape index (κ1) is 17.2. The van der Waals surface area contributed by atoms with Crippen molar-refractivity contribution in [2.24, 2.45) is 0 Å². The number of hydrogen-bond acceptors (Lipinski definition) is 3. The molecule has 0 aliphatic carbocycles. The lowest BCUT2D eigenvalue weighted by atomic mass is 10.1. The summed E-state index contributed by atoms with van der Waals surface area (Å²) in [5.41, 5.74) is 1.20. The van der Waals surface area contributed by atoms with Gasteiger partial charge in [-0.25, -0.2) is 0 Å². The Morgan fingerprint density at radius 2 is 1.70 bits per heavy atom. The van der Waals surface area contributed by atoms with Crippen LogP contribution in [0.2, 0.25) is 0 Å². The molecule has 114 valence electrons. The van der Waals surface area contributed by atoms with E-state index in [2.05, 4.69) is 19.1 Å². The lowest BCUT2D eigenvalue weighted by Gasteiger charge is -2.26. The molecule has 20 heavy (non-hydrogen) atoms.